The third kappa shape index (κ3) is 1.65. The lowest BCUT2D eigenvalue weighted by atomic mass is 10.0. The van der Waals surface area contributed by atoms with Crippen molar-refractivity contribution >= 4 is 5.91 Å². The molecule has 15 heavy (non-hydrogen) atoms. The van der Waals surface area contributed by atoms with Crippen molar-refractivity contribution in [2.45, 2.75) is 26.7 Å². The van der Waals surface area contributed by atoms with Crippen molar-refractivity contribution in [2.24, 2.45) is 11.3 Å². The average Bonchev–Trinajstić information content (AvgIpc) is 2.86. The van der Waals surface area contributed by atoms with Gasteiger partial charge in [0, 0.05) is 13.1 Å². The van der Waals surface area contributed by atoms with Crippen LogP contribution in [0.2, 0.25) is 0 Å². The van der Waals surface area contributed by atoms with Gasteiger partial charge in [-0.2, -0.15) is 5.26 Å². The predicted octanol–water partition coefficient (Wildman–Crippen LogP) is 1.71. The molecule has 0 aromatic rings. The second-order valence-electron chi connectivity index (χ2n) is 4.81. The van der Waals surface area contributed by atoms with Gasteiger partial charge in [0.15, 0.2) is 0 Å². The van der Waals surface area contributed by atoms with E-state index in [0.29, 0.717) is 12.5 Å². The van der Waals surface area contributed by atoms with Crippen molar-refractivity contribution in [1.82, 2.24) is 4.90 Å². The third-order valence-corrected chi connectivity index (χ3v) is 3.35. The predicted molar refractivity (Wildman–Crippen MR) is 56.8 cm³/mol. The van der Waals surface area contributed by atoms with Gasteiger partial charge in [0.05, 0.1) is 6.07 Å². The first-order chi connectivity index (χ1) is 7.09. The van der Waals surface area contributed by atoms with E-state index in [4.69, 9.17) is 5.26 Å². The van der Waals surface area contributed by atoms with E-state index < -0.39 is 5.41 Å². The summed E-state index contributed by atoms with van der Waals surface area (Å²) >= 11 is 0. The van der Waals surface area contributed by atoms with Gasteiger partial charge >= 0.3 is 0 Å². The molecular formula is C12H16N2O. The van der Waals surface area contributed by atoms with Crippen molar-refractivity contribution < 1.29 is 4.79 Å². The Morgan fingerprint density at radius 1 is 1.60 bits per heavy atom. The number of carbonyl (C=O) groups excluding carboxylic acids is 1. The largest absolute Gasteiger partial charge is 0.334 e. The Kier molecular flexibility index (Phi) is 2.30. The first kappa shape index (κ1) is 10.2. The zero-order chi connectivity index (χ0) is 11.1. The van der Waals surface area contributed by atoms with Gasteiger partial charge < -0.3 is 4.90 Å². The molecule has 1 amide bonds. The Labute approximate surface area is 90.4 Å². The number of rotatable bonds is 2. The van der Waals surface area contributed by atoms with Crippen molar-refractivity contribution in [2.75, 3.05) is 13.1 Å². The molecule has 0 atom stereocenters. The zero-order valence-electron chi connectivity index (χ0n) is 9.29. The quantitative estimate of drug-likeness (QED) is 0.643. The Morgan fingerprint density at radius 3 is 2.67 bits per heavy atom. The molecule has 2 rings (SSSR count). The molecule has 0 aromatic carbocycles. The maximum atomic E-state index is 12.0. The van der Waals surface area contributed by atoms with Crippen LogP contribution in [0.15, 0.2) is 11.6 Å². The molecule has 3 nitrogen and oxygen atoms in total. The van der Waals surface area contributed by atoms with Crippen LogP contribution in [0.1, 0.15) is 26.7 Å². The molecule has 0 spiro atoms. The normalized spacial score (nSPS) is 22.5. The molecule has 2 aliphatic rings. The Hall–Kier alpha value is -1.30. The summed E-state index contributed by atoms with van der Waals surface area (Å²) in [7, 11) is 0. The Balaban J connectivity index is 2.00. The number of amides is 1. The minimum Gasteiger partial charge on any atom is -0.334 e. The van der Waals surface area contributed by atoms with Gasteiger partial charge in [0.25, 0.3) is 0 Å². The van der Waals surface area contributed by atoms with E-state index in [2.05, 4.69) is 26.0 Å². The topological polar surface area (TPSA) is 44.1 Å². The van der Waals surface area contributed by atoms with Crippen LogP contribution in [-0.4, -0.2) is 23.9 Å². The molecule has 1 heterocycles. The molecule has 0 unspecified atom stereocenters. The second-order valence-corrected chi connectivity index (χ2v) is 4.81. The van der Waals surface area contributed by atoms with Crippen LogP contribution in [0.5, 0.6) is 0 Å². The monoisotopic (exact) mass is 204 g/mol. The van der Waals surface area contributed by atoms with E-state index in [-0.39, 0.29) is 5.91 Å². The van der Waals surface area contributed by atoms with Crippen molar-refractivity contribution in [1.29, 1.82) is 5.26 Å². The van der Waals surface area contributed by atoms with Gasteiger partial charge in [-0.25, -0.2) is 0 Å². The molecule has 1 aliphatic carbocycles. The summed E-state index contributed by atoms with van der Waals surface area (Å²) in [6, 6.07) is 2.16. The minimum atomic E-state index is -0.653. The van der Waals surface area contributed by atoms with E-state index >= 15 is 0 Å². The van der Waals surface area contributed by atoms with Gasteiger partial charge in [-0.3, -0.25) is 4.79 Å². The lowest BCUT2D eigenvalue weighted by molar-refractivity contribution is -0.133. The second kappa shape index (κ2) is 3.37. The molecular weight excluding hydrogens is 188 g/mol. The molecule has 0 aromatic heterocycles. The molecule has 0 radical (unpaired) electrons. The van der Waals surface area contributed by atoms with Gasteiger partial charge in [-0.1, -0.05) is 25.5 Å². The summed E-state index contributed by atoms with van der Waals surface area (Å²) in [6.45, 7) is 5.68. The van der Waals surface area contributed by atoms with E-state index in [9.17, 15) is 4.79 Å². The maximum absolute atomic E-state index is 12.0. The summed E-state index contributed by atoms with van der Waals surface area (Å²) in [5.41, 5.74) is 0.664. The van der Waals surface area contributed by atoms with Crippen LogP contribution in [0.4, 0.5) is 0 Å². The molecule has 1 fully saturated rings. The summed E-state index contributed by atoms with van der Waals surface area (Å²) in [5, 5.41) is 8.95. The minimum absolute atomic E-state index is 0.0388. The fraction of sp³-hybridized carbons (Fsp3) is 0.667. The highest BCUT2D eigenvalue weighted by atomic mass is 16.2. The molecule has 0 saturated heterocycles. The Bertz CT molecular complexity index is 358. The standard InChI is InChI=1S/C12H16N2O/c1-9(2)10-3-6-14(7-10)11(15)12(8-13)4-5-12/h3,9H,4-7H2,1-2H3. The van der Waals surface area contributed by atoms with Crippen LogP contribution < -0.4 is 0 Å². The number of nitrogens with zero attached hydrogens (tertiary/aromatic N) is 2. The van der Waals surface area contributed by atoms with Crippen LogP contribution in [0.3, 0.4) is 0 Å². The SMILES string of the molecule is CC(C)C1=CCN(C(=O)C2(C#N)CC2)C1. The van der Waals surface area contributed by atoms with Crippen molar-refractivity contribution in [3.63, 3.8) is 0 Å². The molecule has 1 saturated carbocycles. The zero-order valence-corrected chi connectivity index (χ0v) is 9.29. The van der Waals surface area contributed by atoms with E-state index in [1.54, 1.807) is 0 Å². The van der Waals surface area contributed by atoms with Gasteiger partial charge in [-0.05, 0) is 18.8 Å². The first-order valence-electron chi connectivity index (χ1n) is 5.48. The van der Waals surface area contributed by atoms with Crippen LogP contribution in [-0.2, 0) is 4.79 Å². The first-order valence-corrected chi connectivity index (χ1v) is 5.48. The fourth-order valence-corrected chi connectivity index (χ4v) is 1.95. The van der Waals surface area contributed by atoms with Crippen LogP contribution in [0.25, 0.3) is 0 Å². The number of carbonyl (C=O) groups is 1. The molecule has 0 bridgehead atoms. The highest BCUT2D eigenvalue weighted by Gasteiger charge is 2.52. The lowest BCUT2D eigenvalue weighted by Crippen LogP contribution is -2.35. The van der Waals surface area contributed by atoms with E-state index in [0.717, 1.165) is 19.4 Å². The van der Waals surface area contributed by atoms with E-state index in [1.165, 1.54) is 5.57 Å². The highest BCUT2D eigenvalue weighted by Crippen LogP contribution is 2.46. The van der Waals surface area contributed by atoms with Crippen LogP contribution >= 0.6 is 0 Å². The molecule has 80 valence electrons. The molecule has 3 heteroatoms. The van der Waals surface area contributed by atoms with Crippen molar-refractivity contribution in [3.05, 3.63) is 11.6 Å². The summed E-state index contributed by atoms with van der Waals surface area (Å²) in [4.78, 5) is 13.8. The number of hydrogen-bond acceptors (Lipinski definition) is 2. The summed E-state index contributed by atoms with van der Waals surface area (Å²) in [5.74, 6) is 0.539. The fourth-order valence-electron chi connectivity index (χ4n) is 1.95. The molecule has 1 aliphatic heterocycles. The van der Waals surface area contributed by atoms with Crippen LogP contribution in [0, 0.1) is 22.7 Å². The van der Waals surface area contributed by atoms with Crippen molar-refractivity contribution in [3.8, 4) is 6.07 Å². The Morgan fingerprint density at radius 2 is 2.27 bits per heavy atom. The summed E-state index contributed by atoms with van der Waals surface area (Å²) in [6.07, 6.45) is 3.61. The number of hydrogen-bond donors (Lipinski definition) is 0. The van der Waals surface area contributed by atoms with Gasteiger partial charge in [0.2, 0.25) is 5.91 Å². The maximum Gasteiger partial charge on any atom is 0.243 e. The van der Waals surface area contributed by atoms with E-state index in [1.807, 2.05) is 4.90 Å². The summed E-state index contributed by atoms with van der Waals surface area (Å²) < 4.78 is 0. The van der Waals surface area contributed by atoms with Gasteiger partial charge in [0.1, 0.15) is 5.41 Å². The third-order valence-electron chi connectivity index (χ3n) is 3.35. The average molecular weight is 204 g/mol. The smallest absolute Gasteiger partial charge is 0.243 e. The molecule has 0 N–H and O–H groups in total. The highest BCUT2D eigenvalue weighted by molar-refractivity contribution is 5.88. The number of nitriles is 1. The lowest BCUT2D eigenvalue weighted by Gasteiger charge is -2.19. The van der Waals surface area contributed by atoms with Gasteiger partial charge in [-0.15, -0.1) is 0 Å².